The molecule has 0 spiro atoms. The molecule has 0 heterocycles. The number of benzene rings is 2. The second-order valence-electron chi connectivity index (χ2n) is 5.39. The molecule has 0 saturated carbocycles. The van der Waals surface area contributed by atoms with E-state index in [1.807, 2.05) is 13.0 Å². The Bertz CT molecular complexity index is 913. The minimum absolute atomic E-state index is 0.252. The highest BCUT2D eigenvalue weighted by Gasteiger charge is 2.14. The van der Waals surface area contributed by atoms with Crippen molar-refractivity contribution in [2.75, 3.05) is 18.2 Å². The van der Waals surface area contributed by atoms with Crippen molar-refractivity contribution in [3.8, 4) is 11.8 Å². The van der Waals surface area contributed by atoms with Gasteiger partial charge in [0.25, 0.3) is 11.8 Å². The van der Waals surface area contributed by atoms with Gasteiger partial charge < -0.3 is 21.1 Å². The summed E-state index contributed by atoms with van der Waals surface area (Å²) in [6.07, 6.45) is 1.05. The van der Waals surface area contributed by atoms with Crippen molar-refractivity contribution in [1.82, 2.24) is 5.32 Å². The lowest BCUT2D eigenvalue weighted by Gasteiger charge is -2.10. The van der Waals surface area contributed by atoms with Crippen LogP contribution in [0, 0.1) is 18.3 Å². The zero-order valence-electron chi connectivity index (χ0n) is 14.4. The molecule has 0 bridgehead atoms. The van der Waals surface area contributed by atoms with Crippen LogP contribution >= 0.6 is 0 Å². The normalized spacial score (nSPS) is 10.6. The molecule has 132 valence electrons. The molecule has 0 aliphatic carbocycles. The molecule has 2 amide bonds. The minimum Gasteiger partial charge on any atom is -0.495 e. The van der Waals surface area contributed by atoms with E-state index in [2.05, 4.69) is 10.6 Å². The topological polar surface area (TPSA) is 117 Å². The molecular weight excluding hydrogens is 332 g/mol. The summed E-state index contributed by atoms with van der Waals surface area (Å²) < 4.78 is 5.18. The number of nitriles is 1. The number of anilines is 2. The maximum absolute atomic E-state index is 12.3. The van der Waals surface area contributed by atoms with Crippen LogP contribution in [-0.4, -0.2) is 18.9 Å². The number of nitrogens with two attached hydrogens (primary N) is 1. The summed E-state index contributed by atoms with van der Waals surface area (Å²) in [6, 6.07) is 13.5. The van der Waals surface area contributed by atoms with Crippen LogP contribution in [0.4, 0.5) is 11.4 Å². The molecule has 0 unspecified atom stereocenters. The number of nitrogen functional groups attached to an aromatic ring is 1. The zero-order chi connectivity index (χ0) is 19.1. The Labute approximate surface area is 151 Å². The van der Waals surface area contributed by atoms with Crippen molar-refractivity contribution < 1.29 is 14.3 Å². The second kappa shape index (κ2) is 8.35. The molecule has 2 aromatic rings. The molecule has 0 saturated heterocycles. The van der Waals surface area contributed by atoms with E-state index in [1.54, 1.807) is 42.5 Å². The smallest absolute Gasteiger partial charge is 0.267 e. The molecular formula is C19H18N4O3. The third-order valence-electron chi connectivity index (χ3n) is 3.52. The first-order valence-corrected chi connectivity index (χ1v) is 7.68. The Morgan fingerprint density at radius 3 is 2.62 bits per heavy atom. The fourth-order valence-electron chi connectivity index (χ4n) is 2.18. The largest absolute Gasteiger partial charge is 0.495 e. The third kappa shape index (κ3) is 4.39. The summed E-state index contributed by atoms with van der Waals surface area (Å²) in [5.74, 6) is -0.725. The van der Waals surface area contributed by atoms with Crippen LogP contribution in [0.2, 0.25) is 0 Å². The molecule has 0 atom stereocenters. The van der Waals surface area contributed by atoms with E-state index in [-0.39, 0.29) is 11.1 Å². The quantitative estimate of drug-likeness (QED) is 0.435. The highest BCUT2D eigenvalue weighted by molar-refractivity contribution is 6.08. The van der Waals surface area contributed by atoms with Crippen LogP contribution < -0.4 is 21.1 Å². The van der Waals surface area contributed by atoms with E-state index in [1.165, 1.54) is 7.11 Å². The number of methoxy groups -OCH3 is 1. The van der Waals surface area contributed by atoms with E-state index in [0.717, 1.165) is 11.8 Å². The molecule has 0 fully saturated rings. The molecule has 7 nitrogen and oxygen atoms in total. The second-order valence-corrected chi connectivity index (χ2v) is 5.39. The third-order valence-corrected chi connectivity index (χ3v) is 3.52. The number of para-hydroxylation sites is 1. The molecule has 0 aliphatic heterocycles. The van der Waals surface area contributed by atoms with E-state index in [4.69, 9.17) is 10.5 Å². The number of nitrogens with zero attached hydrogens (tertiary/aromatic N) is 1. The Morgan fingerprint density at radius 2 is 1.96 bits per heavy atom. The van der Waals surface area contributed by atoms with Crippen molar-refractivity contribution >= 4 is 23.2 Å². The average Bonchev–Trinajstić information content (AvgIpc) is 2.62. The Balaban J connectivity index is 2.15. The first-order valence-electron chi connectivity index (χ1n) is 7.68. The predicted molar refractivity (Wildman–Crippen MR) is 98.4 cm³/mol. The van der Waals surface area contributed by atoms with Gasteiger partial charge in [0.2, 0.25) is 0 Å². The van der Waals surface area contributed by atoms with Gasteiger partial charge in [-0.3, -0.25) is 9.59 Å². The number of hydrogen-bond acceptors (Lipinski definition) is 5. The summed E-state index contributed by atoms with van der Waals surface area (Å²) in [7, 11) is 1.48. The monoisotopic (exact) mass is 350 g/mol. The number of carbonyl (C=O) groups excluding carboxylic acids is 2. The van der Waals surface area contributed by atoms with Crippen molar-refractivity contribution in [1.29, 1.82) is 5.26 Å². The Kier molecular flexibility index (Phi) is 5.96. The van der Waals surface area contributed by atoms with Gasteiger partial charge >= 0.3 is 0 Å². The fourth-order valence-corrected chi connectivity index (χ4v) is 2.18. The molecule has 26 heavy (non-hydrogen) atoms. The van der Waals surface area contributed by atoms with E-state index < -0.39 is 11.8 Å². The lowest BCUT2D eigenvalue weighted by atomic mass is 10.1. The Morgan fingerprint density at radius 1 is 1.23 bits per heavy atom. The minimum atomic E-state index is -0.669. The summed E-state index contributed by atoms with van der Waals surface area (Å²) in [5, 5.41) is 14.2. The molecule has 2 rings (SSSR count). The van der Waals surface area contributed by atoms with Gasteiger partial charge in [-0.1, -0.05) is 18.2 Å². The van der Waals surface area contributed by atoms with Gasteiger partial charge in [0.15, 0.2) is 0 Å². The van der Waals surface area contributed by atoms with E-state index in [9.17, 15) is 14.9 Å². The first kappa shape index (κ1) is 18.5. The number of ether oxygens (including phenoxy) is 1. The summed E-state index contributed by atoms with van der Waals surface area (Å²) in [6.45, 7) is 1.86. The highest BCUT2D eigenvalue weighted by Crippen LogP contribution is 2.25. The maximum Gasteiger partial charge on any atom is 0.267 e. The number of aryl methyl sites for hydroxylation is 1. The van der Waals surface area contributed by atoms with E-state index >= 15 is 0 Å². The number of amides is 2. The van der Waals surface area contributed by atoms with Gasteiger partial charge in [0.1, 0.15) is 17.4 Å². The molecule has 4 N–H and O–H groups in total. The lowest BCUT2D eigenvalue weighted by Crippen LogP contribution is -2.22. The summed E-state index contributed by atoms with van der Waals surface area (Å²) in [4.78, 5) is 24.4. The number of rotatable bonds is 5. The standard InChI is InChI=1S/C19H18N4O3/c1-12-7-8-17(26-2)16(9-12)23-18(24)13(10-20)11-22-19(25)14-5-3-4-6-15(14)21/h3-9,11H,21H2,1-2H3,(H,22,25)(H,23,24)/b13-11-. The maximum atomic E-state index is 12.3. The zero-order valence-corrected chi connectivity index (χ0v) is 14.4. The first-order chi connectivity index (χ1) is 12.5. The van der Waals surface area contributed by atoms with Crippen LogP contribution in [0.15, 0.2) is 54.2 Å². The van der Waals surface area contributed by atoms with Gasteiger partial charge in [0.05, 0.1) is 18.4 Å². The van der Waals surface area contributed by atoms with Crippen molar-refractivity contribution in [3.05, 3.63) is 65.4 Å². The molecule has 2 aromatic carbocycles. The van der Waals surface area contributed by atoms with Gasteiger partial charge in [-0.25, -0.2) is 0 Å². The van der Waals surface area contributed by atoms with Gasteiger partial charge in [-0.15, -0.1) is 0 Å². The summed E-state index contributed by atoms with van der Waals surface area (Å²) >= 11 is 0. The van der Waals surface area contributed by atoms with Gasteiger partial charge in [0, 0.05) is 11.9 Å². The molecule has 0 aliphatic rings. The number of carbonyl (C=O) groups is 2. The van der Waals surface area contributed by atoms with Crippen LogP contribution in [0.25, 0.3) is 0 Å². The lowest BCUT2D eigenvalue weighted by molar-refractivity contribution is -0.112. The highest BCUT2D eigenvalue weighted by atomic mass is 16.5. The van der Waals surface area contributed by atoms with Crippen LogP contribution in [-0.2, 0) is 4.79 Å². The number of hydrogen-bond donors (Lipinski definition) is 3. The SMILES string of the molecule is COc1ccc(C)cc1NC(=O)/C(C#N)=C\NC(=O)c1ccccc1N. The van der Waals surface area contributed by atoms with Gasteiger partial charge in [-0.2, -0.15) is 5.26 Å². The number of nitrogens with one attached hydrogen (secondary N) is 2. The van der Waals surface area contributed by atoms with Crippen molar-refractivity contribution in [3.63, 3.8) is 0 Å². The van der Waals surface area contributed by atoms with E-state index in [0.29, 0.717) is 17.1 Å². The Hall–Kier alpha value is -3.79. The fraction of sp³-hybridized carbons (Fsp3) is 0.105. The molecule has 7 heteroatoms. The van der Waals surface area contributed by atoms with Gasteiger partial charge in [-0.05, 0) is 36.8 Å². The van der Waals surface area contributed by atoms with Crippen LogP contribution in [0.1, 0.15) is 15.9 Å². The van der Waals surface area contributed by atoms with Crippen LogP contribution in [0.3, 0.4) is 0 Å². The van der Waals surface area contributed by atoms with Crippen LogP contribution in [0.5, 0.6) is 5.75 Å². The molecule has 0 aromatic heterocycles. The van der Waals surface area contributed by atoms with Crippen molar-refractivity contribution in [2.45, 2.75) is 6.92 Å². The predicted octanol–water partition coefficient (Wildman–Crippen LogP) is 2.36. The van der Waals surface area contributed by atoms with Crippen molar-refractivity contribution in [2.24, 2.45) is 0 Å². The average molecular weight is 350 g/mol. The summed E-state index contributed by atoms with van der Waals surface area (Å²) in [5.41, 5.74) is 7.35. The molecule has 0 radical (unpaired) electrons.